The predicted octanol–water partition coefficient (Wildman–Crippen LogP) is 1.40. The summed E-state index contributed by atoms with van der Waals surface area (Å²) in [6.07, 6.45) is 2.26. The lowest BCUT2D eigenvalue weighted by atomic mass is 10.2. The van der Waals surface area contributed by atoms with Crippen LogP contribution in [0.2, 0.25) is 0 Å². The van der Waals surface area contributed by atoms with E-state index in [1.165, 1.54) is 11.8 Å². The minimum atomic E-state index is -1.04. The van der Waals surface area contributed by atoms with Crippen molar-refractivity contribution in [2.75, 3.05) is 25.7 Å². The van der Waals surface area contributed by atoms with Crippen LogP contribution in [0.1, 0.15) is 6.42 Å². The largest absolute Gasteiger partial charge is 0.497 e. The molecule has 1 aromatic rings. The molecule has 0 fully saturated rings. The summed E-state index contributed by atoms with van der Waals surface area (Å²) < 4.78 is 10.3. The van der Waals surface area contributed by atoms with Crippen molar-refractivity contribution in [3.8, 4) is 11.5 Å². The Hall–Kier alpha value is -1.89. The third kappa shape index (κ3) is 6.40. The molecule has 1 amide bonds. The number of methoxy groups -OCH3 is 1. The monoisotopic (exact) mass is 313 g/mol. The second-order valence-electron chi connectivity index (χ2n) is 4.20. The Morgan fingerprint density at radius 1 is 1.29 bits per heavy atom. The molecule has 21 heavy (non-hydrogen) atoms. The molecule has 1 rings (SSSR count). The molecule has 6 nitrogen and oxygen atoms in total. The van der Waals surface area contributed by atoms with Crippen LogP contribution in [0, 0.1) is 0 Å². The number of benzene rings is 1. The zero-order valence-electron chi connectivity index (χ0n) is 12.0. The van der Waals surface area contributed by atoms with Gasteiger partial charge in [0, 0.05) is 0 Å². The van der Waals surface area contributed by atoms with Crippen LogP contribution in [-0.2, 0) is 9.59 Å². The lowest BCUT2D eigenvalue weighted by Crippen LogP contribution is -2.43. The Bertz CT molecular complexity index is 463. The Morgan fingerprint density at radius 2 is 1.90 bits per heavy atom. The molecule has 0 aliphatic carbocycles. The van der Waals surface area contributed by atoms with E-state index in [-0.39, 0.29) is 6.61 Å². The number of hydrogen-bond acceptors (Lipinski definition) is 5. The first kappa shape index (κ1) is 17.2. The second-order valence-corrected chi connectivity index (χ2v) is 5.19. The summed E-state index contributed by atoms with van der Waals surface area (Å²) in [5, 5.41) is 11.5. The van der Waals surface area contributed by atoms with Crippen molar-refractivity contribution in [2.24, 2.45) is 0 Å². The van der Waals surface area contributed by atoms with E-state index in [0.717, 1.165) is 0 Å². The number of hydrogen-bond donors (Lipinski definition) is 2. The van der Waals surface area contributed by atoms with Crippen LogP contribution in [0.15, 0.2) is 24.3 Å². The Kier molecular flexibility index (Phi) is 7.45. The fraction of sp³-hybridized carbons (Fsp3) is 0.429. The zero-order chi connectivity index (χ0) is 15.7. The van der Waals surface area contributed by atoms with Crippen molar-refractivity contribution in [1.29, 1.82) is 0 Å². The first-order valence-corrected chi connectivity index (χ1v) is 7.74. The molecule has 0 unspecified atom stereocenters. The van der Waals surface area contributed by atoms with E-state index in [1.54, 1.807) is 31.4 Å². The van der Waals surface area contributed by atoms with Gasteiger partial charge in [0.25, 0.3) is 5.91 Å². The molecule has 0 bridgehead atoms. The summed E-state index contributed by atoms with van der Waals surface area (Å²) >= 11 is 1.53. The van der Waals surface area contributed by atoms with E-state index in [4.69, 9.17) is 14.6 Å². The molecule has 0 aliphatic heterocycles. The first-order chi connectivity index (χ1) is 10.1. The highest BCUT2D eigenvalue weighted by Crippen LogP contribution is 2.16. The van der Waals surface area contributed by atoms with E-state index in [9.17, 15) is 9.59 Å². The quantitative estimate of drug-likeness (QED) is 0.717. The van der Waals surface area contributed by atoms with Gasteiger partial charge in [0.15, 0.2) is 6.61 Å². The van der Waals surface area contributed by atoms with Crippen molar-refractivity contribution >= 4 is 23.6 Å². The minimum Gasteiger partial charge on any atom is -0.497 e. The molecular formula is C14H19NO5S. The van der Waals surface area contributed by atoms with Crippen LogP contribution in [0.3, 0.4) is 0 Å². The number of rotatable bonds is 9. The minimum absolute atomic E-state index is 0.227. The lowest BCUT2D eigenvalue weighted by molar-refractivity contribution is -0.142. The van der Waals surface area contributed by atoms with Gasteiger partial charge >= 0.3 is 5.97 Å². The maximum Gasteiger partial charge on any atom is 0.326 e. The third-order valence-electron chi connectivity index (χ3n) is 2.67. The van der Waals surface area contributed by atoms with Gasteiger partial charge < -0.3 is 19.9 Å². The molecule has 0 spiro atoms. The highest BCUT2D eigenvalue weighted by atomic mass is 32.2. The molecule has 2 N–H and O–H groups in total. The maximum absolute atomic E-state index is 11.7. The molecule has 7 heteroatoms. The zero-order valence-corrected chi connectivity index (χ0v) is 12.8. The number of amides is 1. The summed E-state index contributed by atoms with van der Waals surface area (Å²) in [5.74, 6) is 0.370. The predicted molar refractivity (Wildman–Crippen MR) is 81.1 cm³/mol. The van der Waals surface area contributed by atoms with Gasteiger partial charge in [0.2, 0.25) is 0 Å². The van der Waals surface area contributed by atoms with Gasteiger partial charge in [0.1, 0.15) is 17.5 Å². The fourth-order valence-corrected chi connectivity index (χ4v) is 2.02. The second kappa shape index (κ2) is 9.12. The molecular weight excluding hydrogens is 294 g/mol. The van der Waals surface area contributed by atoms with E-state index < -0.39 is 17.9 Å². The van der Waals surface area contributed by atoms with Crippen LogP contribution in [0.25, 0.3) is 0 Å². The van der Waals surface area contributed by atoms with E-state index in [1.807, 2.05) is 6.26 Å². The topological polar surface area (TPSA) is 84.9 Å². The average molecular weight is 313 g/mol. The van der Waals surface area contributed by atoms with Gasteiger partial charge in [-0.1, -0.05) is 0 Å². The van der Waals surface area contributed by atoms with E-state index in [0.29, 0.717) is 23.7 Å². The van der Waals surface area contributed by atoms with Crippen molar-refractivity contribution in [2.45, 2.75) is 12.5 Å². The number of aliphatic carboxylic acids is 1. The summed E-state index contributed by atoms with van der Waals surface area (Å²) in [5.41, 5.74) is 0. The molecule has 0 radical (unpaired) electrons. The summed E-state index contributed by atoms with van der Waals surface area (Å²) in [6, 6.07) is 5.89. The molecule has 0 aliphatic rings. The third-order valence-corrected chi connectivity index (χ3v) is 3.32. The molecule has 1 atom stereocenters. The van der Waals surface area contributed by atoms with Crippen LogP contribution >= 0.6 is 11.8 Å². The van der Waals surface area contributed by atoms with Gasteiger partial charge in [-0.3, -0.25) is 4.79 Å². The highest BCUT2D eigenvalue weighted by molar-refractivity contribution is 7.98. The summed E-state index contributed by atoms with van der Waals surface area (Å²) in [4.78, 5) is 22.7. The lowest BCUT2D eigenvalue weighted by Gasteiger charge is -2.14. The number of thioether (sulfide) groups is 1. The normalized spacial score (nSPS) is 11.5. The Morgan fingerprint density at radius 3 is 2.43 bits per heavy atom. The summed E-state index contributed by atoms with van der Waals surface area (Å²) in [7, 11) is 1.56. The highest BCUT2D eigenvalue weighted by Gasteiger charge is 2.19. The molecule has 0 heterocycles. The standard InChI is InChI=1S/C14H19NO5S/c1-19-10-3-5-11(6-4-10)20-9-13(16)15-12(14(17)18)7-8-21-2/h3-6,12H,7-9H2,1-2H3,(H,15,16)(H,17,18)/t12-/m0/s1. The fourth-order valence-electron chi connectivity index (χ4n) is 1.55. The number of carboxylic acid groups (broad SMARTS) is 1. The maximum atomic E-state index is 11.7. The van der Waals surface area contributed by atoms with Gasteiger partial charge in [-0.2, -0.15) is 11.8 Å². The van der Waals surface area contributed by atoms with Crippen molar-refractivity contribution < 1.29 is 24.2 Å². The van der Waals surface area contributed by atoms with Crippen LogP contribution in [0.4, 0.5) is 0 Å². The van der Waals surface area contributed by atoms with Gasteiger partial charge in [-0.25, -0.2) is 4.79 Å². The molecule has 1 aromatic carbocycles. The Balaban J connectivity index is 2.42. The smallest absolute Gasteiger partial charge is 0.326 e. The number of carbonyl (C=O) groups is 2. The summed E-state index contributed by atoms with van der Waals surface area (Å²) in [6.45, 7) is -0.227. The Labute approximate surface area is 127 Å². The number of carboxylic acids is 1. The first-order valence-electron chi connectivity index (χ1n) is 6.34. The van der Waals surface area contributed by atoms with Crippen LogP contribution in [0.5, 0.6) is 11.5 Å². The molecule has 0 saturated heterocycles. The van der Waals surface area contributed by atoms with E-state index in [2.05, 4.69) is 5.32 Å². The van der Waals surface area contributed by atoms with Crippen LogP contribution in [-0.4, -0.2) is 48.8 Å². The SMILES string of the molecule is COc1ccc(OCC(=O)N[C@@H](CCSC)C(=O)O)cc1. The van der Waals surface area contributed by atoms with Crippen LogP contribution < -0.4 is 14.8 Å². The van der Waals surface area contributed by atoms with Gasteiger partial charge in [-0.05, 0) is 42.7 Å². The molecule has 116 valence electrons. The van der Waals surface area contributed by atoms with Crippen molar-refractivity contribution in [1.82, 2.24) is 5.32 Å². The van der Waals surface area contributed by atoms with Crippen molar-refractivity contribution in [3.63, 3.8) is 0 Å². The van der Waals surface area contributed by atoms with Crippen molar-refractivity contribution in [3.05, 3.63) is 24.3 Å². The van der Waals surface area contributed by atoms with Gasteiger partial charge in [0.05, 0.1) is 7.11 Å². The number of ether oxygens (including phenoxy) is 2. The molecule has 0 saturated carbocycles. The number of nitrogens with one attached hydrogen (secondary N) is 1. The average Bonchev–Trinajstić information content (AvgIpc) is 2.49. The van der Waals surface area contributed by atoms with Gasteiger partial charge in [-0.15, -0.1) is 0 Å². The molecule has 0 aromatic heterocycles. The van der Waals surface area contributed by atoms with E-state index >= 15 is 0 Å². The number of carbonyl (C=O) groups excluding carboxylic acids is 1.